The van der Waals surface area contributed by atoms with E-state index >= 15 is 0 Å². The van der Waals surface area contributed by atoms with E-state index in [4.69, 9.17) is 27.9 Å². The summed E-state index contributed by atoms with van der Waals surface area (Å²) in [5.74, 6) is 0.849. The highest BCUT2D eigenvalue weighted by atomic mass is 35.5. The van der Waals surface area contributed by atoms with E-state index < -0.39 is 0 Å². The Bertz CT molecular complexity index is 1120. The Balaban J connectivity index is 1.58. The minimum Gasteiger partial charge on any atom is -0.497 e. The largest absolute Gasteiger partial charge is 0.497 e. The van der Waals surface area contributed by atoms with Crippen LogP contribution in [0.25, 0.3) is 0 Å². The first-order valence-corrected chi connectivity index (χ1v) is 11.4. The van der Waals surface area contributed by atoms with Crippen molar-refractivity contribution in [3.8, 4) is 5.75 Å². The second kappa shape index (κ2) is 11.2. The zero-order chi connectivity index (χ0) is 23.1. The van der Waals surface area contributed by atoms with Crippen molar-refractivity contribution in [1.29, 1.82) is 0 Å². The maximum absolute atomic E-state index is 12.4. The Morgan fingerprint density at radius 3 is 2.50 bits per heavy atom. The van der Waals surface area contributed by atoms with Gasteiger partial charge < -0.3 is 19.9 Å². The normalized spacial score (nSPS) is 10.6. The fraction of sp³-hybridized carbons (Fsp3) is 0.238. The second-order valence-corrected chi connectivity index (χ2v) is 8.32. The van der Waals surface area contributed by atoms with Crippen molar-refractivity contribution >= 4 is 58.2 Å². The molecule has 0 saturated carbocycles. The van der Waals surface area contributed by atoms with Gasteiger partial charge in [-0.1, -0.05) is 41.0 Å². The molecule has 1 heterocycles. The highest BCUT2D eigenvalue weighted by Gasteiger charge is 2.16. The quantitative estimate of drug-likeness (QED) is 0.425. The fourth-order valence-electron chi connectivity index (χ4n) is 2.82. The first-order chi connectivity index (χ1) is 15.4. The van der Waals surface area contributed by atoms with Gasteiger partial charge in [-0.2, -0.15) is 0 Å². The molecule has 0 aliphatic rings. The monoisotopic (exact) mass is 493 g/mol. The summed E-state index contributed by atoms with van der Waals surface area (Å²) in [7, 11) is 1.57. The summed E-state index contributed by atoms with van der Waals surface area (Å²) in [6.07, 6.45) is 0.0254. The predicted molar refractivity (Wildman–Crippen MR) is 127 cm³/mol. The lowest BCUT2D eigenvalue weighted by molar-refractivity contribution is -0.116. The van der Waals surface area contributed by atoms with Crippen LogP contribution in [0, 0.1) is 0 Å². The molecule has 0 radical (unpaired) electrons. The summed E-state index contributed by atoms with van der Waals surface area (Å²) < 4.78 is 6.96. The number of hydrogen-bond acceptors (Lipinski definition) is 6. The molecule has 3 aromatic rings. The molecule has 0 aliphatic carbocycles. The molecule has 0 saturated heterocycles. The molecule has 0 fully saturated rings. The van der Waals surface area contributed by atoms with Crippen molar-refractivity contribution in [2.24, 2.45) is 0 Å². The zero-order valence-corrected chi connectivity index (χ0v) is 19.7. The lowest BCUT2D eigenvalue weighted by atomic mass is 10.3. The van der Waals surface area contributed by atoms with Gasteiger partial charge in [0.25, 0.3) is 0 Å². The SMILES string of the molecule is CCn1c(CC(=O)Nc2ccc(Cl)c(Cl)c2)nnc1SCC(=O)Nc1cccc(OC)c1. The first-order valence-electron chi connectivity index (χ1n) is 9.63. The lowest BCUT2D eigenvalue weighted by Crippen LogP contribution is -2.18. The molecule has 0 bridgehead atoms. The van der Waals surface area contributed by atoms with E-state index in [1.54, 1.807) is 54.1 Å². The van der Waals surface area contributed by atoms with Crippen molar-refractivity contribution in [3.63, 3.8) is 0 Å². The van der Waals surface area contributed by atoms with E-state index in [1.807, 2.05) is 6.92 Å². The molecule has 0 aliphatic heterocycles. The van der Waals surface area contributed by atoms with Gasteiger partial charge in [0, 0.05) is 24.0 Å². The highest BCUT2D eigenvalue weighted by Crippen LogP contribution is 2.25. The molecule has 0 spiro atoms. The molecule has 11 heteroatoms. The zero-order valence-electron chi connectivity index (χ0n) is 17.4. The number of amides is 2. The van der Waals surface area contributed by atoms with E-state index in [1.165, 1.54) is 11.8 Å². The molecule has 32 heavy (non-hydrogen) atoms. The van der Waals surface area contributed by atoms with Gasteiger partial charge in [-0.15, -0.1) is 10.2 Å². The van der Waals surface area contributed by atoms with Gasteiger partial charge in [0.05, 0.1) is 29.3 Å². The molecule has 2 aromatic carbocycles. The third kappa shape index (κ3) is 6.38. The van der Waals surface area contributed by atoms with E-state index in [0.29, 0.717) is 44.7 Å². The van der Waals surface area contributed by atoms with Gasteiger partial charge in [-0.05, 0) is 37.3 Å². The van der Waals surface area contributed by atoms with Crippen LogP contribution in [0.15, 0.2) is 47.6 Å². The maximum atomic E-state index is 12.4. The van der Waals surface area contributed by atoms with Gasteiger partial charge in [0.2, 0.25) is 11.8 Å². The van der Waals surface area contributed by atoms with Crippen molar-refractivity contribution in [2.45, 2.75) is 25.0 Å². The van der Waals surface area contributed by atoms with E-state index in [0.717, 1.165) is 0 Å². The molecule has 8 nitrogen and oxygen atoms in total. The average Bonchev–Trinajstić information content (AvgIpc) is 3.16. The standard InChI is InChI=1S/C21H21Cl2N5O3S/c1-3-28-18(11-19(29)24-14-7-8-16(22)17(23)10-14)26-27-21(28)32-12-20(30)25-13-5-4-6-15(9-13)31-2/h4-10H,3,11-12H2,1-2H3,(H,24,29)(H,25,30). The number of benzene rings is 2. The summed E-state index contributed by atoms with van der Waals surface area (Å²) in [6, 6.07) is 12.0. The second-order valence-electron chi connectivity index (χ2n) is 6.57. The first kappa shape index (κ1) is 23.9. The number of aromatic nitrogens is 3. The number of thioether (sulfide) groups is 1. The van der Waals surface area contributed by atoms with E-state index in [-0.39, 0.29) is 24.0 Å². The number of nitrogens with one attached hydrogen (secondary N) is 2. The highest BCUT2D eigenvalue weighted by molar-refractivity contribution is 7.99. The van der Waals surface area contributed by atoms with Crippen LogP contribution in [-0.4, -0.2) is 39.4 Å². The molecule has 0 atom stereocenters. The molecule has 0 unspecified atom stereocenters. The van der Waals surface area contributed by atoms with E-state index in [2.05, 4.69) is 20.8 Å². The van der Waals surface area contributed by atoms with Crippen molar-refractivity contribution in [1.82, 2.24) is 14.8 Å². The van der Waals surface area contributed by atoms with Crippen LogP contribution in [0.1, 0.15) is 12.7 Å². The van der Waals surface area contributed by atoms with Crippen LogP contribution in [0.2, 0.25) is 10.0 Å². The van der Waals surface area contributed by atoms with Crippen molar-refractivity contribution in [3.05, 3.63) is 58.3 Å². The van der Waals surface area contributed by atoms with Gasteiger partial charge in [0.1, 0.15) is 11.6 Å². The van der Waals surface area contributed by atoms with E-state index in [9.17, 15) is 9.59 Å². The van der Waals surface area contributed by atoms with Crippen LogP contribution >= 0.6 is 35.0 Å². The Morgan fingerprint density at radius 1 is 1.03 bits per heavy atom. The van der Waals surface area contributed by atoms with Crippen LogP contribution in [0.3, 0.4) is 0 Å². The molecule has 3 rings (SSSR count). The third-order valence-electron chi connectivity index (χ3n) is 4.32. The lowest BCUT2D eigenvalue weighted by Gasteiger charge is -2.09. The summed E-state index contributed by atoms with van der Waals surface area (Å²) >= 11 is 13.1. The minimum atomic E-state index is -0.266. The Hall–Kier alpha value is -2.75. The summed E-state index contributed by atoms with van der Waals surface area (Å²) in [5.41, 5.74) is 1.18. The predicted octanol–water partition coefficient (Wildman–Crippen LogP) is 4.53. The number of ether oxygens (including phenoxy) is 1. The molecule has 2 N–H and O–H groups in total. The average molecular weight is 494 g/mol. The fourth-order valence-corrected chi connectivity index (χ4v) is 3.94. The Kier molecular flexibility index (Phi) is 8.38. The van der Waals surface area contributed by atoms with Gasteiger partial charge in [0.15, 0.2) is 5.16 Å². The number of anilines is 2. The topological polar surface area (TPSA) is 98.1 Å². The van der Waals surface area contributed by atoms with Crippen LogP contribution in [0.4, 0.5) is 11.4 Å². The minimum absolute atomic E-state index is 0.0254. The Morgan fingerprint density at radius 2 is 1.78 bits per heavy atom. The molecular formula is C21H21Cl2N5O3S. The summed E-state index contributed by atoms with van der Waals surface area (Å²) in [6.45, 7) is 2.48. The summed E-state index contributed by atoms with van der Waals surface area (Å²) in [4.78, 5) is 24.7. The maximum Gasteiger partial charge on any atom is 0.234 e. The number of carbonyl (C=O) groups is 2. The molecule has 1 aromatic heterocycles. The van der Waals surface area contributed by atoms with Gasteiger partial charge >= 0.3 is 0 Å². The Labute approximate surface area is 199 Å². The van der Waals surface area contributed by atoms with Crippen LogP contribution in [0.5, 0.6) is 5.75 Å². The molecule has 168 valence electrons. The number of halogens is 2. The number of hydrogen-bond donors (Lipinski definition) is 2. The van der Waals surface area contributed by atoms with Gasteiger partial charge in [-0.3, -0.25) is 9.59 Å². The van der Waals surface area contributed by atoms with Gasteiger partial charge in [-0.25, -0.2) is 0 Å². The number of carbonyl (C=O) groups excluding carboxylic acids is 2. The van der Waals surface area contributed by atoms with Crippen molar-refractivity contribution < 1.29 is 14.3 Å². The van der Waals surface area contributed by atoms with Crippen LogP contribution in [-0.2, 0) is 22.6 Å². The third-order valence-corrected chi connectivity index (χ3v) is 6.02. The summed E-state index contributed by atoms with van der Waals surface area (Å²) in [5, 5.41) is 15.2. The van der Waals surface area contributed by atoms with Crippen molar-refractivity contribution in [2.75, 3.05) is 23.5 Å². The number of rotatable bonds is 9. The molecular weight excluding hydrogens is 473 g/mol. The molecule has 2 amide bonds. The number of methoxy groups -OCH3 is 1. The smallest absolute Gasteiger partial charge is 0.234 e. The van der Waals surface area contributed by atoms with Crippen LogP contribution < -0.4 is 15.4 Å². The number of nitrogens with zero attached hydrogens (tertiary/aromatic N) is 3.